The van der Waals surface area contributed by atoms with E-state index in [1.165, 1.54) is 0 Å². The number of carbonyl (C=O) groups excluding carboxylic acids is 1. The lowest BCUT2D eigenvalue weighted by molar-refractivity contribution is -0.148. The average molecular weight is 243 g/mol. The van der Waals surface area contributed by atoms with Gasteiger partial charge in [0.1, 0.15) is 5.41 Å². The SMILES string of the molecule is CCOC(=O)C1(c2ccccc2)C=CC=CC1N. The Labute approximate surface area is 107 Å². The van der Waals surface area contributed by atoms with Crippen molar-refractivity contribution in [3.8, 4) is 0 Å². The third kappa shape index (κ3) is 1.97. The Kier molecular flexibility index (Phi) is 3.63. The highest BCUT2D eigenvalue weighted by Crippen LogP contribution is 2.33. The van der Waals surface area contributed by atoms with E-state index in [0.717, 1.165) is 5.56 Å². The second-order valence-corrected chi connectivity index (χ2v) is 4.23. The highest BCUT2D eigenvalue weighted by atomic mass is 16.5. The quantitative estimate of drug-likeness (QED) is 0.825. The molecule has 0 heterocycles. The summed E-state index contributed by atoms with van der Waals surface area (Å²) in [7, 11) is 0. The maximum Gasteiger partial charge on any atom is 0.322 e. The lowest BCUT2D eigenvalue weighted by atomic mass is 9.72. The minimum Gasteiger partial charge on any atom is -0.465 e. The minimum atomic E-state index is -0.911. The van der Waals surface area contributed by atoms with Gasteiger partial charge < -0.3 is 10.5 Å². The van der Waals surface area contributed by atoms with Crippen LogP contribution in [-0.4, -0.2) is 18.6 Å². The summed E-state index contributed by atoms with van der Waals surface area (Å²) in [5, 5.41) is 0. The first-order valence-corrected chi connectivity index (χ1v) is 6.06. The van der Waals surface area contributed by atoms with Crippen LogP contribution in [0.4, 0.5) is 0 Å². The number of hydrogen-bond donors (Lipinski definition) is 1. The second kappa shape index (κ2) is 5.19. The van der Waals surface area contributed by atoms with Crippen molar-refractivity contribution < 1.29 is 9.53 Å². The fourth-order valence-electron chi connectivity index (χ4n) is 2.23. The molecule has 1 aliphatic rings. The molecule has 2 rings (SSSR count). The van der Waals surface area contributed by atoms with Gasteiger partial charge in [-0.25, -0.2) is 0 Å². The zero-order valence-electron chi connectivity index (χ0n) is 10.4. The van der Waals surface area contributed by atoms with E-state index in [4.69, 9.17) is 10.5 Å². The van der Waals surface area contributed by atoms with Crippen LogP contribution in [0.2, 0.25) is 0 Å². The topological polar surface area (TPSA) is 52.3 Å². The van der Waals surface area contributed by atoms with E-state index in [1.807, 2.05) is 54.6 Å². The van der Waals surface area contributed by atoms with Gasteiger partial charge in [-0.2, -0.15) is 0 Å². The predicted molar refractivity (Wildman–Crippen MR) is 71.0 cm³/mol. The Bertz CT molecular complexity index is 479. The van der Waals surface area contributed by atoms with Gasteiger partial charge in [0.05, 0.1) is 6.61 Å². The molecule has 1 aromatic carbocycles. The molecule has 0 saturated carbocycles. The number of nitrogens with two attached hydrogens (primary N) is 1. The number of esters is 1. The van der Waals surface area contributed by atoms with Crippen LogP contribution in [0.15, 0.2) is 54.6 Å². The summed E-state index contributed by atoms with van der Waals surface area (Å²) in [6.45, 7) is 2.14. The van der Waals surface area contributed by atoms with E-state index >= 15 is 0 Å². The Morgan fingerprint density at radius 1 is 1.33 bits per heavy atom. The van der Waals surface area contributed by atoms with Crippen molar-refractivity contribution in [3.05, 3.63) is 60.2 Å². The molecule has 1 aliphatic carbocycles. The summed E-state index contributed by atoms with van der Waals surface area (Å²) in [6.07, 6.45) is 7.34. The molecule has 0 aromatic heterocycles. The average Bonchev–Trinajstić information content (AvgIpc) is 2.41. The summed E-state index contributed by atoms with van der Waals surface area (Å²) >= 11 is 0. The molecule has 2 unspecified atom stereocenters. The number of hydrogen-bond acceptors (Lipinski definition) is 3. The normalized spacial score (nSPS) is 26.0. The van der Waals surface area contributed by atoms with Crippen LogP contribution in [-0.2, 0) is 14.9 Å². The second-order valence-electron chi connectivity index (χ2n) is 4.23. The molecule has 3 heteroatoms. The molecule has 0 saturated heterocycles. The van der Waals surface area contributed by atoms with Gasteiger partial charge in [-0.1, -0.05) is 54.6 Å². The maximum atomic E-state index is 12.3. The third-order valence-electron chi connectivity index (χ3n) is 3.18. The maximum absolute atomic E-state index is 12.3. The monoisotopic (exact) mass is 243 g/mol. The van der Waals surface area contributed by atoms with Gasteiger partial charge in [0.2, 0.25) is 0 Å². The van der Waals surface area contributed by atoms with Gasteiger partial charge in [0.25, 0.3) is 0 Å². The van der Waals surface area contributed by atoms with E-state index < -0.39 is 11.5 Å². The molecule has 18 heavy (non-hydrogen) atoms. The zero-order chi connectivity index (χ0) is 13.0. The zero-order valence-corrected chi connectivity index (χ0v) is 10.4. The fourth-order valence-corrected chi connectivity index (χ4v) is 2.23. The van der Waals surface area contributed by atoms with Gasteiger partial charge in [-0.05, 0) is 12.5 Å². The van der Waals surface area contributed by atoms with Crippen molar-refractivity contribution in [2.45, 2.75) is 18.4 Å². The summed E-state index contributed by atoms with van der Waals surface area (Å²) in [4.78, 5) is 12.3. The Balaban J connectivity index is 2.50. The number of ether oxygens (including phenoxy) is 1. The molecule has 0 fully saturated rings. The molecule has 0 bridgehead atoms. The first kappa shape index (κ1) is 12.6. The summed E-state index contributed by atoms with van der Waals surface area (Å²) < 4.78 is 5.21. The Morgan fingerprint density at radius 2 is 2.06 bits per heavy atom. The van der Waals surface area contributed by atoms with E-state index in [2.05, 4.69) is 0 Å². The Hall–Kier alpha value is -1.87. The molecule has 2 atom stereocenters. The van der Waals surface area contributed by atoms with Crippen molar-refractivity contribution in [1.82, 2.24) is 0 Å². The number of rotatable bonds is 3. The summed E-state index contributed by atoms with van der Waals surface area (Å²) in [5.41, 5.74) is 6.09. The van der Waals surface area contributed by atoms with Gasteiger partial charge in [-0.15, -0.1) is 0 Å². The van der Waals surface area contributed by atoms with E-state index in [0.29, 0.717) is 6.61 Å². The van der Waals surface area contributed by atoms with Crippen LogP contribution in [0.5, 0.6) is 0 Å². The van der Waals surface area contributed by atoms with E-state index in [-0.39, 0.29) is 5.97 Å². The van der Waals surface area contributed by atoms with Crippen LogP contribution in [0, 0.1) is 0 Å². The molecule has 94 valence electrons. The van der Waals surface area contributed by atoms with Crippen LogP contribution in [0.25, 0.3) is 0 Å². The van der Waals surface area contributed by atoms with Crippen molar-refractivity contribution in [3.63, 3.8) is 0 Å². The van der Waals surface area contributed by atoms with Gasteiger partial charge in [0.15, 0.2) is 0 Å². The number of benzene rings is 1. The lowest BCUT2D eigenvalue weighted by Crippen LogP contribution is -2.50. The van der Waals surface area contributed by atoms with Crippen LogP contribution in [0.3, 0.4) is 0 Å². The molecular formula is C15H17NO2. The molecule has 0 aliphatic heterocycles. The minimum absolute atomic E-state index is 0.302. The largest absolute Gasteiger partial charge is 0.465 e. The number of carbonyl (C=O) groups is 1. The molecular weight excluding hydrogens is 226 g/mol. The summed E-state index contributed by atoms with van der Waals surface area (Å²) in [6, 6.07) is 9.10. The van der Waals surface area contributed by atoms with E-state index in [1.54, 1.807) is 6.92 Å². The van der Waals surface area contributed by atoms with Crippen molar-refractivity contribution >= 4 is 5.97 Å². The highest BCUT2D eigenvalue weighted by molar-refractivity contribution is 5.88. The molecule has 0 radical (unpaired) electrons. The first-order valence-electron chi connectivity index (χ1n) is 6.06. The number of allylic oxidation sites excluding steroid dienone is 2. The third-order valence-corrected chi connectivity index (χ3v) is 3.18. The van der Waals surface area contributed by atoms with Crippen molar-refractivity contribution in [2.24, 2.45) is 5.73 Å². The Morgan fingerprint density at radius 3 is 2.67 bits per heavy atom. The fraction of sp³-hybridized carbons (Fsp3) is 0.267. The summed E-state index contributed by atoms with van der Waals surface area (Å²) in [5.74, 6) is -0.302. The van der Waals surface area contributed by atoms with Crippen molar-refractivity contribution in [1.29, 1.82) is 0 Å². The van der Waals surface area contributed by atoms with Crippen LogP contribution >= 0.6 is 0 Å². The lowest BCUT2D eigenvalue weighted by Gasteiger charge is -2.34. The highest BCUT2D eigenvalue weighted by Gasteiger charge is 2.44. The molecule has 3 nitrogen and oxygen atoms in total. The van der Waals surface area contributed by atoms with Crippen molar-refractivity contribution in [2.75, 3.05) is 6.61 Å². The molecule has 0 amide bonds. The van der Waals surface area contributed by atoms with Gasteiger partial charge in [-0.3, -0.25) is 4.79 Å². The molecule has 2 N–H and O–H groups in total. The van der Waals surface area contributed by atoms with Gasteiger partial charge >= 0.3 is 5.97 Å². The predicted octanol–water partition coefficient (Wildman–Crippen LogP) is 1.94. The first-order chi connectivity index (χ1) is 8.71. The van der Waals surface area contributed by atoms with Crippen LogP contribution < -0.4 is 5.73 Å². The molecule has 1 aromatic rings. The van der Waals surface area contributed by atoms with Crippen LogP contribution in [0.1, 0.15) is 12.5 Å². The smallest absolute Gasteiger partial charge is 0.322 e. The van der Waals surface area contributed by atoms with Gasteiger partial charge in [0, 0.05) is 6.04 Å². The standard InChI is InChI=1S/C15H17NO2/c1-2-18-14(17)15(11-7-6-10-13(15)16)12-8-4-3-5-9-12/h3-11,13H,2,16H2,1H3. The van der Waals surface area contributed by atoms with E-state index in [9.17, 15) is 4.79 Å². The molecule has 0 spiro atoms.